The molecule has 420 valence electrons. The van der Waals surface area contributed by atoms with E-state index in [9.17, 15) is 28.8 Å². The van der Waals surface area contributed by atoms with E-state index in [4.69, 9.17) is 28.4 Å². The van der Waals surface area contributed by atoms with Crippen molar-refractivity contribution in [3.05, 3.63) is 47.8 Å². The highest BCUT2D eigenvalue weighted by molar-refractivity contribution is 7.15. The molecule has 0 spiro atoms. The molecule has 0 atom stereocenters. The molecule has 0 saturated heterocycles. The zero-order valence-electron chi connectivity index (χ0n) is 46.8. The topological polar surface area (TPSA) is 158 Å². The highest BCUT2D eigenvalue weighted by Gasteiger charge is 2.40. The first-order valence-corrected chi connectivity index (χ1v) is 30.6. The van der Waals surface area contributed by atoms with Crippen LogP contribution < -0.4 is 9.47 Å². The largest absolute Gasteiger partial charge is 0.462 e. The molecule has 0 amide bonds. The molecule has 6 aliphatic rings. The molecule has 1 aromatic heterocycles. The number of esters is 6. The van der Waals surface area contributed by atoms with Crippen molar-refractivity contribution in [2.24, 2.45) is 58.2 Å². The van der Waals surface area contributed by atoms with Crippen LogP contribution >= 0.6 is 11.3 Å². The third kappa shape index (κ3) is 14.7. The summed E-state index contributed by atoms with van der Waals surface area (Å²) in [5.74, 6) is -0.605. The van der Waals surface area contributed by atoms with Gasteiger partial charge in [0.2, 0.25) is 0 Å². The number of benzene rings is 2. The Morgan fingerprint density at radius 3 is 1.12 bits per heavy atom. The maximum absolute atomic E-state index is 13.9. The molecule has 0 unspecified atom stereocenters. The third-order valence-corrected chi connectivity index (χ3v) is 19.9. The molecule has 3 aromatic rings. The standard InChI is InChI=1S/C64H86O12S/c1-63(2,3)46-23-19-43(20-24-46)59(67)73-50-31-27-48(28-32-50)71-57(65)39-11-13-41(14-12-39)61(69)75-52-35-36-55(54(37-52)56-53-10-8-7-9-45(53)38-77-56)76-62(70)42-17-15-40(16-18-42)58(66)72-49-29-33-51(34-30-49)74-60(68)44-21-25-47(26-22-44)64(4,5)6/h7-10,35-44,46-51H,11-34H2,1-6H3. The molecule has 0 radical (unpaired) electrons. The van der Waals surface area contributed by atoms with Crippen molar-refractivity contribution in [3.63, 3.8) is 0 Å². The number of hydrogen-bond donors (Lipinski definition) is 0. The van der Waals surface area contributed by atoms with Gasteiger partial charge in [0, 0.05) is 15.8 Å². The van der Waals surface area contributed by atoms with Gasteiger partial charge in [-0.1, -0.05) is 65.8 Å². The Morgan fingerprint density at radius 1 is 0.403 bits per heavy atom. The fraction of sp³-hybridized carbons (Fsp3) is 0.688. The Hall–Kier alpha value is -4.78. The van der Waals surface area contributed by atoms with Gasteiger partial charge in [0.25, 0.3) is 0 Å². The monoisotopic (exact) mass is 1080 g/mol. The number of ether oxygens (including phenoxy) is 6. The maximum Gasteiger partial charge on any atom is 0.314 e. The Kier molecular flexibility index (Phi) is 18.6. The van der Waals surface area contributed by atoms with Crippen molar-refractivity contribution >= 4 is 57.9 Å². The molecule has 0 aliphatic heterocycles. The molecule has 0 N–H and O–H groups in total. The first kappa shape index (κ1) is 56.9. The first-order valence-electron chi connectivity index (χ1n) is 29.7. The predicted molar refractivity (Wildman–Crippen MR) is 296 cm³/mol. The predicted octanol–water partition coefficient (Wildman–Crippen LogP) is 14.5. The van der Waals surface area contributed by atoms with Crippen LogP contribution in [-0.4, -0.2) is 60.2 Å². The summed E-state index contributed by atoms with van der Waals surface area (Å²) in [5, 5.41) is 4.10. The van der Waals surface area contributed by atoms with E-state index in [1.165, 1.54) is 11.3 Å². The molecule has 0 bridgehead atoms. The van der Waals surface area contributed by atoms with Crippen LogP contribution in [0.25, 0.3) is 21.2 Å². The van der Waals surface area contributed by atoms with E-state index in [1.807, 2.05) is 24.3 Å². The average Bonchev–Trinajstić information content (AvgIpc) is 3.88. The highest BCUT2D eigenvalue weighted by atomic mass is 32.1. The van der Waals surface area contributed by atoms with Crippen LogP contribution in [0.2, 0.25) is 0 Å². The SMILES string of the molecule is CC(C)(C)C1CCC(C(=O)OC2CCC(OC(=O)C3CCC(C(=O)Oc4ccc(OC(=O)C5CCC(C(=O)OC6CCC(OC(=O)C7CCC(C(C)(C)C)CC7)CC6)CC5)c(-c5scc6ccccc56)c4)CC3)CC2)CC1. The van der Waals surface area contributed by atoms with Gasteiger partial charge in [-0.15, -0.1) is 11.3 Å². The van der Waals surface area contributed by atoms with E-state index in [0.717, 1.165) is 67.0 Å². The van der Waals surface area contributed by atoms with Gasteiger partial charge < -0.3 is 28.4 Å². The quantitative estimate of drug-likeness (QED) is 0.0907. The van der Waals surface area contributed by atoms with Crippen LogP contribution in [0.1, 0.15) is 196 Å². The lowest BCUT2D eigenvalue weighted by atomic mass is 9.70. The fourth-order valence-corrected chi connectivity index (χ4v) is 14.6. The van der Waals surface area contributed by atoms with Crippen LogP contribution in [0, 0.1) is 58.2 Å². The molecule has 6 saturated carbocycles. The molecular weight excluding hydrogens is 993 g/mol. The van der Waals surface area contributed by atoms with E-state index in [1.54, 1.807) is 18.2 Å². The Bertz CT molecular complexity index is 2520. The molecular formula is C64H86O12S. The number of rotatable bonds is 13. The molecule has 12 nitrogen and oxygen atoms in total. The van der Waals surface area contributed by atoms with Crippen LogP contribution in [-0.2, 0) is 47.7 Å². The summed E-state index contributed by atoms with van der Waals surface area (Å²) >= 11 is 1.53. The van der Waals surface area contributed by atoms with E-state index >= 15 is 0 Å². The summed E-state index contributed by atoms with van der Waals surface area (Å²) in [4.78, 5) is 81.3. The normalized spacial score (nSPS) is 30.3. The molecule has 6 fully saturated rings. The van der Waals surface area contributed by atoms with Crippen molar-refractivity contribution in [1.29, 1.82) is 0 Å². The second-order valence-electron chi connectivity index (χ2n) is 26.1. The summed E-state index contributed by atoms with van der Waals surface area (Å²) in [6.45, 7) is 13.7. The van der Waals surface area contributed by atoms with Gasteiger partial charge in [0.15, 0.2) is 0 Å². The maximum atomic E-state index is 13.9. The van der Waals surface area contributed by atoms with Crippen LogP contribution in [0.4, 0.5) is 0 Å². The summed E-state index contributed by atoms with van der Waals surface area (Å²) in [7, 11) is 0. The van der Waals surface area contributed by atoms with Gasteiger partial charge in [0.05, 0.1) is 35.5 Å². The van der Waals surface area contributed by atoms with Gasteiger partial charge in [0.1, 0.15) is 35.9 Å². The van der Waals surface area contributed by atoms with Crippen molar-refractivity contribution < 1.29 is 57.2 Å². The Labute approximate surface area is 461 Å². The fourth-order valence-electron chi connectivity index (χ4n) is 13.5. The smallest absolute Gasteiger partial charge is 0.314 e. The zero-order chi connectivity index (χ0) is 54.4. The van der Waals surface area contributed by atoms with Crippen LogP contribution in [0.15, 0.2) is 47.8 Å². The van der Waals surface area contributed by atoms with Crippen LogP contribution in [0.5, 0.6) is 11.5 Å². The lowest BCUT2D eigenvalue weighted by Gasteiger charge is -2.37. The number of thiophene rings is 1. The second kappa shape index (κ2) is 25.1. The zero-order valence-corrected chi connectivity index (χ0v) is 47.6. The van der Waals surface area contributed by atoms with Gasteiger partial charge in [-0.05, 0) is 206 Å². The first-order chi connectivity index (χ1) is 36.8. The van der Waals surface area contributed by atoms with Gasteiger partial charge in [-0.2, -0.15) is 0 Å². The van der Waals surface area contributed by atoms with E-state index in [-0.39, 0.29) is 107 Å². The molecule has 13 heteroatoms. The van der Waals surface area contributed by atoms with Crippen LogP contribution in [0.3, 0.4) is 0 Å². The minimum absolute atomic E-state index is 0.0127. The second-order valence-corrected chi connectivity index (χ2v) is 27.0. The third-order valence-electron chi connectivity index (χ3n) is 18.9. The summed E-state index contributed by atoms with van der Waals surface area (Å²) < 4.78 is 36.2. The van der Waals surface area contributed by atoms with E-state index in [0.29, 0.717) is 132 Å². The van der Waals surface area contributed by atoms with E-state index in [2.05, 4.69) is 46.9 Å². The van der Waals surface area contributed by atoms with Crippen molar-refractivity contribution in [1.82, 2.24) is 0 Å². The number of hydrogen-bond acceptors (Lipinski definition) is 13. The van der Waals surface area contributed by atoms with Gasteiger partial charge in [-0.3, -0.25) is 28.8 Å². The minimum Gasteiger partial charge on any atom is -0.462 e. The Balaban J connectivity index is 0.708. The lowest BCUT2D eigenvalue weighted by Crippen LogP contribution is -2.35. The molecule has 2 aromatic carbocycles. The van der Waals surface area contributed by atoms with Crippen molar-refractivity contribution in [3.8, 4) is 21.9 Å². The molecule has 9 rings (SSSR count). The molecule has 1 heterocycles. The highest BCUT2D eigenvalue weighted by Crippen LogP contribution is 2.45. The van der Waals surface area contributed by atoms with Crippen molar-refractivity contribution in [2.45, 2.75) is 220 Å². The summed E-state index contributed by atoms with van der Waals surface area (Å²) in [5.41, 5.74) is 1.18. The number of carbonyl (C=O) groups excluding carboxylic acids is 6. The Morgan fingerprint density at radius 2 is 0.740 bits per heavy atom. The molecule has 6 aliphatic carbocycles. The molecule has 77 heavy (non-hydrogen) atoms. The average molecular weight is 1080 g/mol. The minimum atomic E-state index is -0.384. The van der Waals surface area contributed by atoms with E-state index < -0.39 is 0 Å². The van der Waals surface area contributed by atoms with Gasteiger partial charge in [-0.25, -0.2) is 0 Å². The lowest BCUT2D eigenvalue weighted by molar-refractivity contribution is -0.165. The van der Waals surface area contributed by atoms with Crippen molar-refractivity contribution in [2.75, 3.05) is 0 Å². The summed E-state index contributed by atoms with van der Waals surface area (Å²) in [6, 6.07) is 13.1. The summed E-state index contributed by atoms with van der Waals surface area (Å²) in [6.07, 6.45) is 16.8. The van der Waals surface area contributed by atoms with Gasteiger partial charge >= 0.3 is 35.8 Å². The number of fused-ring (bicyclic) bond motifs is 1. The number of carbonyl (C=O) groups is 6.